The van der Waals surface area contributed by atoms with Crippen molar-refractivity contribution in [3.8, 4) is 43.9 Å². The molecule has 0 aliphatic rings. The average molecular weight is 432 g/mol. The summed E-state index contributed by atoms with van der Waals surface area (Å²) in [5.41, 5.74) is -0.259. The lowest BCUT2D eigenvalue weighted by Crippen LogP contribution is -2.07. The Balaban J connectivity index is 1.92. The molecule has 0 radical (unpaired) electrons. The first-order valence-corrected chi connectivity index (χ1v) is 9.71. The fourth-order valence-electron chi connectivity index (χ4n) is 3.07. The van der Waals surface area contributed by atoms with Gasteiger partial charge in [-0.1, -0.05) is 48.6 Å². The summed E-state index contributed by atoms with van der Waals surface area (Å²) >= 11 is 0.989. The number of aryl methyl sites for hydroxylation is 1. The van der Waals surface area contributed by atoms with E-state index in [1.54, 1.807) is 31.2 Å². The molecular weight excluding hydrogens is 417 g/mol. The van der Waals surface area contributed by atoms with E-state index in [1.165, 1.54) is 6.07 Å². The fourth-order valence-corrected chi connectivity index (χ4v) is 3.97. The number of alkyl halides is 3. The van der Waals surface area contributed by atoms with E-state index >= 15 is 0 Å². The zero-order valence-electron chi connectivity index (χ0n) is 15.5. The Bertz CT molecular complexity index is 1200. The second kappa shape index (κ2) is 7.45. The molecule has 154 valence electrons. The molecule has 0 unspecified atom stereocenters. The molecule has 30 heavy (non-hydrogen) atoms. The quantitative estimate of drug-likeness (QED) is 0.409. The Kier molecular flexibility index (Phi) is 4.94. The van der Waals surface area contributed by atoms with Crippen molar-refractivity contribution in [2.45, 2.75) is 19.5 Å². The van der Waals surface area contributed by atoms with Crippen LogP contribution in [0, 0.1) is 0 Å². The van der Waals surface area contributed by atoms with Crippen molar-refractivity contribution in [2.24, 2.45) is 0 Å². The molecule has 0 amide bonds. The number of halogens is 3. The standard InChI is InChI=1S/C20H15F3N4O2S/c1-2-10-8-12(14(29)9-13(10)28)16-15(17(25-24-16)20(21,22)23)19-27-26-18(30-19)11-6-4-3-5-7-11/h3-9,28-29H,2H2,1H3,(H,24,25). The van der Waals surface area contributed by atoms with Crippen molar-refractivity contribution in [3.63, 3.8) is 0 Å². The summed E-state index contributed by atoms with van der Waals surface area (Å²) < 4.78 is 41.1. The molecule has 2 aromatic carbocycles. The van der Waals surface area contributed by atoms with Crippen LogP contribution in [0.15, 0.2) is 42.5 Å². The maximum absolute atomic E-state index is 13.7. The monoisotopic (exact) mass is 432 g/mol. The summed E-state index contributed by atoms with van der Waals surface area (Å²) in [6, 6.07) is 11.5. The van der Waals surface area contributed by atoms with E-state index in [0.717, 1.165) is 23.0 Å². The van der Waals surface area contributed by atoms with E-state index < -0.39 is 11.9 Å². The van der Waals surface area contributed by atoms with Crippen molar-refractivity contribution in [1.82, 2.24) is 20.4 Å². The third kappa shape index (κ3) is 3.50. The summed E-state index contributed by atoms with van der Waals surface area (Å²) in [6.07, 6.45) is -4.30. The van der Waals surface area contributed by atoms with Crippen LogP contribution in [0.4, 0.5) is 13.2 Å². The maximum atomic E-state index is 13.7. The molecule has 2 aromatic heterocycles. The van der Waals surface area contributed by atoms with Gasteiger partial charge in [0.25, 0.3) is 0 Å². The van der Waals surface area contributed by atoms with Crippen molar-refractivity contribution in [3.05, 3.63) is 53.7 Å². The van der Waals surface area contributed by atoms with E-state index in [0.29, 0.717) is 17.0 Å². The number of hydrogen-bond donors (Lipinski definition) is 3. The van der Waals surface area contributed by atoms with E-state index in [9.17, 15) is 23.4 Å². The van der Waals surface area contributed by atoms with E-state index in [1.807, 2.05) is 11.2 Å². The van der Waals surface area contributed by atoms with Gasteiger partial charge in [0.15, 0.2) is 10.7 Å². The van der Waals surface area contributed by atoms with E-state index in [2.05, 4.69) is 15.3 Å². The lowest BCUT2D eigenvalue weighted by molar-refractivity contribution is -0.140. The van der Waals surface area contributed by atoms with Crippen LogP contribution in [-0.2, 0) is 12.6 Å². The van der Waals surface area contributed by atoms with Crippen LogP contribution < -0.4 is 0 Å². The molecule has 0 spiro atoms. The first kappa shape index (κ1) is 19.9. The Morgan fingerprint density at radius 2 is 1.70 bits per heavy atom. The van der Waals surface area contributed by atoms with Crippen molar-refractivity contribution >= 4 is 11.3 Å². The lowest BCUT2D eigenvalue weighted by atomic mass is 10.0. The first-order chi connectivity index (χ1) is 14.3. The van der Waals surface area contributed by atoms with Crippen LogP contribution in [0.3, 0.4) is 0 Å². The van der Waals surface area contributed by atoms with Crippen molar-refractivity contribution in [1.29, 1.82) is 0 Å². The number of benzene rings is 2. The number of nitrogens with zero attached hydrogens (tertiary/aromatic N) is 3. The van der Waals surface area contributed by atoms with Gasteiger partial charge in [-0.25, -0.2) is 0 Å². The predicted molar refractivity (Wildman–Crippen MR) is 106 cm³/mol. The third-order valence-electron chi connectivity index (χ3n) is 4.54. The first-order valence-electron chi connectivity index (χ1n) is 8.89. The highest BCUT2D eigenvalue weighted by atomic mass is 32.1. The average Bonchev–Trinajstić information content (AvgIpc) is 3.35. The minimum Gasteiger partial charge on any atom is -0.508 e. The molecule has 0 fully saturated rings. The minimum absolute atomic E-state index is 0.00968. The largest absolute Gasteiger partial charge is 0.508 e. The maximum Gasteiger partial charge on any atom is 0.433 e. The van der Waals surface area contributed by atoms with Gasteiger partial charge in [-0.15, -0.1) is 10.2 Å². The number of aromatic hydroxyl groups is 2. The van der Waals surface area contributed by atoms with Crippen LogP contribution in [0.25, 0.3) is 32.4 Å². The number of phenols is 2. The van der Waals surface area contributed by atoms with Gasteiger partial charge in [-0.2, -0.15) is 18.3 Å². The van der Waals surface area contributed by atoms with Gasteiger partial charge in [0.05, 0.1) is 5.56 Å². The molecule has 0 aliphatic heterocycles. The second-order valence-corrected chi connectivity index (χ2v) is 7.43. The van der Waals surface area contributed by atoms with Gasteiger partial charge >= 0.3 is 6.18 Å². The normalized spacial score (nSPS) is 11.7. The van der Waals surface area contributed by atoms with Crippen LogP contribution in [0.2, 0.25) is 0 Å². The summed E-state index contributed by atoms with van der Waals surface area (Å²) in [6.45, 7) is 1.78. The molecular formula is C20H15F3N4O2S. The van der Waals surface area contributed by atoms with E-state index in [-0.39, 0.29) is 33.3 Å². The van der Waals surface area contributed by atoms with Gasteiger partial charge in [0, 0.05) is 17.2 Å². The number of phenolic OH excluding ortho intramolecular Hbond substituents is 2. The summed E-state index contributed by atoms with van der Waals surface area (Å²) in [4.78, 5) is 0. The molecule has 0 bridgehead atoms. The smallest absolute Gasteiger partial charge is 0.433 e. The van der Waals surface area contributed by atoms with E-state index in [4.69, 9.17) is 0 Å². The number of H-pyrrole nitrogens is 1. The molecule has 3 N–H and O–H groups in total. The Labute approximate surface area is 172 Å². The summed E-state index contributed by atoms with van der Waals surface area (Å²) in [5.74, 6) is -0.534. The van der Waals surface area contributed by atoms with Gasteiger partial charge < -0.3 is 10.2 Å². The molecule has 4 aromatic rings. The molecule has 2 heterocycles. The molecule has 0 saturated carbocycles. The molecule has 10 heteroatoms. The zero-order valence-corrected chi connectivity index (χ0v) is 16.3. The van der Waals surface area contributed by atoms with Gasteiger partial charge in [0.1, 0.15) is 22.2 Å². The molecule has 6 nitrogen and oxygen atoms in total. The number of rotatable bonds is 4. The number of aromatic nitrogens is 4. The number of aromatic amines is 1. The minimum atomic E-state index is -4.72. The second-order valence-electron chi connectivity index (χ2n) is 6.45. The van der Waals surface area contributed by atoms with Gasteiger partial charge in [-0.3, -0.25) is 5.10 Å². The number of hydrogen-bond acceptors (Lipinski definition) is 6. The van der Waals surface area contributed by atoms with Crippen LogP contribution in [0.1, 0.15) is 18.2 Å². The molecule has 0 atom stereocenters. The molecule has 0 aliphatic carbocycles. The molecule has 4 rings (SSSR count). The highest BCUT2D eigenvalue weighted by Gasteiger charge is 2.39. The highest BCUT2D eigenvalue weighted by Crippen LogP contribution is 2.45. The Hall–Kier alpha value is -3.40. The predicted octanol–water partition coefficient (Wildman–Crippen LogP) is 5.25. The van der Waals surface area contributed by atoms with Gasteiger partial charge in [-0.05, 0) is 18.1 Å². The number of nitrogens with one attached hydrogen (secondary N) is 1. The Morgan fingerprint density at radius 3 is 2.37 bits per heavy atom. The topological polar surface area (TPSA) is 94.9 Å². The highest BCUT2D eigenvalue weighted by molar-refractivity contribution is 7.18. The van der Waals surface area contributed by atoms with Gasteiger partial charge in [0.2, 0.25) is 0 Å². The molecule has 0 saturated heterocycles. The lowest BCUT2D eigenvalue weighted by Gasteiger charge is -2.09. The van der Waals surface area contributed by atoms with Crippen LogP contribution >= 0.6 is 11.3 Å². The summed E-state index contributed by atoms with van der Waals surface area (Å²) in [5, 5.41) is 34.5. The van der Waals surface area contributed by atoms with Crippen LogP contribution in [0.5, 0.6) is 11.5 Å². The fraction of sp³-hybridized carbons (Fsp3) is 0.150. The van der Waals surface area contributed by atoms with Crippen molar-refractivity contribution < 1.29 is 23.4 Å². The van der Waals surface area contributed by atoms with Crippen molar-refractivity contribution in [2.75, 3.05) is 0 Å². The zero-order chi connectivity index (χ0) is 21.5. The third-order valence-corrected chi connectivity index (χ3v) is 5.53. The Morgan fingerprint density at radius 1 is 1.00 bits per heavy atom. The SMILES string of the molecule is CCc1cc(-c2n[nH]c(C(F)(F)F)c2-c2nnc(-c3ccccc3)s2)c(O)cc1O. The van der Waals surface area contributed by atoms with Crippen LogP contribution in [-0.4, -0.2) is 30.6 Å². The summed E-state index contributed by atoms with van der Waals surface area (Å²) in [7, 11) is 0.